The molecule has 2 aromatic rings. The summed E-state index contributed by atoms with van der Waals surface area (Å²) in [5.41, 5.74) is 5.55. The molecule has 0 radical (unpaired) electrons. The number of amides is 2. The normalized spacial score (nSPS) is 12.4. The first kappa shape index (κ1) is 16.4. The maximum Gasteiger partial charge on any atom is 0.286 e. The Morgan fingerprint density at radius 1 is 1.25 bits per heavy atom. The molecule has 9 heteroatoms. The number of hydrazine groups is 1. The van der Waals surface area contributed by atoms with Gasteiger partial charge in [0, 0.05) is 16.7 Å². The molecule has 3 N–H and O–H groups in total. The second kappa shape index (κ2) is 6.98. The van der Waals surface area contributed by atoms with Gasteiger partial charge < -0.3 is 14.5 Å². The van der Waals surface area contributed by atoms with Crippen molar-refractivity contribution in [2.24, 2.45) is 0 Å². The molecular formula is C15H11BrClN3O4. The highest BCUT2D eigenvalue weighted by Gasteiger charge is 2.17. The summed E-state index contributed by atoms with van der Waals surface area (Å²) in [6.45, 7) is 0.115. The summed E-state index contributed by atoms with van der Waals surface area (Å²) in [6, 6.07) is 4.94. The third-order valence-corrected chi connectivity index (χ3v) is 3.81. The Bertz CT molecular complexity index is 834. The van der Waals surface area contributed by atoms with Crippen molar-refractivity contribution >= 4 is 45.4 Å². The van der Waals surface area contributed by atoms with Crippen LogP contribution in [0.2, 0.25) is 5.02 Å². The average Bonchev–Trinajstić information content (AvgIpc) is 3.19. The van der Waals surface area contributed by atoms with Crippen LogP contribution < -0.4 is 20.3 Å². The highest BCUT2D eigenvalue weighted by molar-refractivity contribution is 9.10. The van der Waals surface area contributed by atoms with Gasteiger partial charge in [-0.05, 0) is 45.8 Å². The number of hydrogen-bond acceptors (Lipinski definition) is 4. The second-order valence-corrected chi connectivity index (χ2v) is 6.07. The highest BCUT2D eigenvalue weighted by atomic mass is 79.9. The van der Waals surface area contributed by atoms with Gasteiger partial charge in [-0.25, -0.2) is 0 Å². The van der Waals surface area contributed by atoms with E-state index in [9.17, 15) is 9.59 Å². The largest absolute Gasteiger partial charge is 0.454 e. The van der Waals surface area contributed by atoms with Crippen LogP contribution in [0.3, 0.4) is 0 Å². The molecule has 1 aliphatic heterocycles. The third-order valence-electron chi connectivity index (χ3n) is 3.07. The standard InChI is InChI=1S/C15H11BrClN3O4/c16-9-5-11(18-6-9)15(22)20-19-13(21)2-1-8-3-10(17)14-12(4-8)23-7-24-14/h1-6,18H,7H2,(H,19,21)(H,20,22)/b2-1+. The van der Waals surface area contributed by atoms with Gasteiger partial charge in [-0.3, -0.25) is 20.4 Å². The number of ether oxygens (including phenoxy) is 2. The number of hydrogen-bond donors (Lipinski definition) is 3. The third kappa shape index (κ3) is 3.72. The summed E-state index contributed by atoms with van der Waals surface area (Å²) in [5, 5.41) is 0.399. The Hall–Kier alpha value is -2.45. The maximum atomic E-state index is 11.8. The van der Waals surface area contributed by atoms with E-state index in [0.29, 0.717) is 27.8 Å². The topological polar surface area (TPSA) is 92.4 Å². The van der Waals surface area contributed by atoms with E-state index < -0.39 is 11.8 Å². The zero-order chi connectivity index (χ0) is 17.1. The molecule has 124 valence electrons. The first-order valence-electron chi connectivity index (χ1n) is 6.74. The van der Waals surface area contributed by atoms with Gasteiger partial charge in [-0.2, -0.15) is 0 Å². The van der Waals surface area contributed by atoms with Crippen LogP contribution >= 0.6 is 27.5 Å². The lowest BCUT2D eigenvalue weighted by Gasteiger charge is -2.04. The SMILES string of the molecule is O=C(/C=C/c1cc(Cl)c2c(c1)OCO2)NNC(=O)c1cc(Br)c[nH]1. The average molecular weight is 413 g/mol. The van der Waals surface area contributed by atoms with E-state index in [0.717, 1.165) is 4.47 Å². The molecule has 1 aromatic carbocycles. The molecule has 24 heavy (non-hydrogen) atoms. The van der Waals surface area contributed by atoms with Gasteiger partial charge in [-0.1, -0.05) is 11.6 Å². The summed E-state index contributed by atoms with van der Waals surface area (Å²) in [7, 11) is 0. The van der Waals surface area contributed by atoms with Gasteiger partial charge in [0.25, 0.3) is 11.8 Å². The van der Waals surface area contributed by atoms with E-state index in [1.165, 1.54) is 6.08 Å². The molecule has 0 bridgehead atoms. The fourth-order valence-corrected chi connectivity index (χ4v) is 2.60. The lowest BCUT2D eigenvalue weighted by Crippen LogP contribution is -2.40. The van der Waals surface area contributed by atoms with E-state index in [2.05, 4.69) is 31.8 Å². The Morgan fingerprint density at radius 3 is 2.83 bits per heavy atom. The number of aromatic nitrogens is 1. The summed E-state index contributed by atoms with van der Waals surface area (Å²) in [6.07, 6.45) is 4.42. The van der Waals surface area contributed by atoms with Crippen molar-refractivity contribution in [1.82, 2.24) is 15.8 Å². The molecule has 0 unspecified atom stereocenters. The number of carbonyl (C=O) groups is 2. The summed E-state index contributed by atoms with van der Waals surface area (Å²) in [4.78, 5) is 26.3. The second-order valence-electron chi connectivity index (χ2n) is 4.74. The Kier molecular flexibility index (Phi) is 4.77. The minimum absolute atomic E-state index is 0.115. The van der Waals surface area contributed by atoms with E-state index >= 15 is 0 Å². The zero-order valence-electron chi connectivity index (χ0n) is 12.1. The number of benzene rings is 1. The van der Waals surface area contributed by atoms with Crippen molar-refractivity contribution in [2.75, 3.05) is 6.79 Å². The predicted octanol–water partition coefficient (Wildman–Crippen LogP) is 2.63. The molecule has 0 saturated carbocycles. The van der Waals surface area contributed by atoms with Crippen LogP contribution in [0.25, 0.3) is 6.08 Å². The number of H-pyrrole nitrogens is 1. The highest BCUT2D eigenvalue weighted by Crippen LogP contribution is 2.39. The number of carbonyl (C=O) groups excluding carboxylic acids is 2. The summed E-state index contributed by atoms with van der Waals surface area (Å²) in [5.74, 6) is 0.0483. The lowest BCUT2D eigenvalue weighted by molar-refractivity contribution is -0.117. The Labute approximate surface area is 150 Å². The monoisotopic (exact) mass is 411 g/mol. The van der Waals surface area contributed by atoms with Crippen LogP contribution in [-0.2, 0) is 4.79 Å². The molecule has 0 saturated heterocycles. The van der Waals surface area contributed by atoms with E-state index in [-0.39, 0.29) is 6.79 Å². The number of aromatic amines is 1. The van der Waals surface area contributed by atoms with Crippen LogP contribution in [0.5, 0.6) is 11.5 Å². The molecule has 1 aromatic heterocycles. The molecule has 2 heterocycles. The van der Waals surface area contributed by atoms with Gasteiger partial charge in [-0.15, -0.1) is 0 Å². The molecule has 2 amide bonds. The van der Waals surface area contributed by atoms with Crippen LogP contribution in [-0.4, -0.2) is 23.6 Å². The maximum absolute atomic E-state index is 11.8. The smallest absolute Gasteiger partial charge is 0.286 e. The number of fused-ring (bicyclic) bond motifs is 1. The van der Waals surface area contributed by atoms with E-state index in [1.807, 2.05) is 0 Å². The van der Waals surface area contributed by atoms with Crippen molar-refractivity contribution in [1.29, 1.82) is 0 Å². The molecule has 0 atom stereocenters. The first-order valence-corrected chi connectivity index (χ1v) is 7.91. The Morgan fingerprint density at radius 2 is 2.08 bits per heavy atom. The van der Waals surface area contributed by atoms with E-state index in [4.69, 9.17) is 21.1 Å². The summed E-state index contributed by atoms with van der Waals surface area (Å²) < 4.78 is 11.2. The van der Waals surface area contributed by atoms with Crippen molar-refractivity contribution in [2.45, 2.75) is 0 Å². The van der Waals surface area contributed by atoms with Gasteiger partial charge in [0.1, 0.15) is 5.69 Å². The van der Waals surface area contributed by atoms with Crippen LogP contribution in [0.15, 0.2) is 34.9 Å². The molecular weight excluding hydrogens is 402 g/mol. The minimum atomic E-state index is -0.497. The molecule has 1 aliphatic rings. The molecule has 0 aliphatic carbocycles. The van der Waals surface area contributed by atoms with Gasteiger partial charge in [0.05, 0.1) is 5.02 Å². The van der Waals surface area contributed by atoms with Gasteiger partial charge >= 0.3 is 0 Å². The van der Waals surface area contributed by atoms with Crippen molar-refractivity contribution < 1.29 is 19.1 Å². The molecule has 7 nitrogen and oxygen atoms in total. The minimum Gasteiger partial charge on any atom is -0.454 e. The lowest BCUT2D eigenvalue weighted by atomic mass is 10.2. The van der Waals surface area contributed by atoms with Crippen LogP contribution in [0.1, 0.15) is 16.1 Å². The molecule has 0 fully saturated rings. The van der Waals surface area contributed by atoms with Crippen LogP contribution in [0.4, 0.5) is 0 Å². The van der Waals surface area contributed by atoms with Crippen LogP contribution in [0, 0.1) is 0 Å². The van der Waals surface area contributed by atoms with Gasteiger partial charge in [0.15, 0.2) is 11.5 Å². The summed E-state index contributed by atoms with van der Waals surface area (Å²) >= 11 is 9.28. The predicted molar refractivity (Wildman–Crippen MR) is 90.7 cm³/mol. The van der Waals surface area contributed by atoms with Crippen molar-refractivity contribution in [3.63, 3.8) is 0 Å². The number of rotatable bonds is 3. The van der Waals surface area contributed by atoms with Crippen molar-refractivity contribution in [3.05, 3.63) is 51.2 Å². The zero-order valence-corrected chi connectivity index (χ0v) is 14.4. The molecule has 3 rings (SSSR count). The quantitative estimate of drug-likeness (QED) is 0.534. The fourth-order valence-electron chi connectivity index (χ4n) is 1.98. The molecule has 0 spiro atoms. The van der Waals surface area contributed by atoms with Crippen molar-refractivity contribution in [3.8, 4) is 11.5 Å². The van der Waals surface area contributed by atoms with E-state index in [1.54, 1.807) is 30.5 Å². The Balaban J connectivity index is 1.58. The number of nitrogens with one attached hydrogen (secondary N) is 3. The number of halogens is 2. The van der Waals surface area contributed by atoms with Gasteiger partial charge in [0.2, 0.25) is 6.79 Å². The fraction of sp³-hybridized carbons (Fsp3) is 0.0667. The first-order chi connectivity index (χ1) is 11.5.